The van der Waals surface area contributed by atoms with Crippen molar-refractivity contribution in [1.82, 2.24) is 19.9 Å². The molecule has 2 aromatic carbocycles. The maximum Gasteiger partial charge on any atom is 0.342 e. The van der Waals surface area contributed by atoms with Crippen LogP contribution in [-0.2, 0) is 11.3 Å². The Morgan fingerprint density at radius 1 is 0.651 bits per heavy atom. The van der Waals surface area contributed by atoms with Crippen molar-refractivity contribution in [3.8, 4) is 22.3 Å². The Labute approximate surface area is 247 Å². The number of carbonyl (C=O) groups is 1. The van der Waals surface area contributed by atoms with E-state index in [-0.39, 0.29) is 13.2 Å². The monoisotopic (exact) mass is 564 g/mol. The number of nitrogens with zero attached hydrogens (tertiary/aromatic N) is 2. The van der Waals surface area contributed by atoms with Gasteiger partial charge in [0.1, 0.15) is 5.56 Å². The van der Waals surface area contributed by atoms with Gasteiger partial charge in [0.2, 0.25) is 0 Å². The summed E-state index contributed by atoms with van der Waals surface area (Å²) >= 11 is 0. The van der Waals surface area contributed by atoms with Gasteiger partial charge in [0.15, 0.2) is 0 Å². The van der Waals surface area contributed by atoms with Gasteiger partial charge in [-0.25, -0.2) is 14.8 Å². The quantitative estimate of drug-likeness (QED) is 0.186. The highest BCUT2D eigenvalue weighted by atomic mass is 16.5. The predicted molar refractivity (Wildman–Crippen MR) is 172 cm³/mol. The first-order chi connectivity index (χ1) is 21.1. The number of aromatic nitrogens is 4. The summed E-state index contributed by atoms with van der Waals surface area (Å²) in [5.74, 6) is -0.456. The maximum atomic E-state index is 13.4. The number of aliphatic hydroxyl groups excluding tert-OH is 1. The predicted octanol–water partition coefficient (Wildman–Crippen LogP) is 7.66. The van der Waals surface area contributed by atoms with Crippen molar-refractivity contribution in [1.29, 1.82) is 0 Å². The van der Waals surface area contributed by atoms with Crippen LogP contribution in [0.3, 0.4) is 0 Å². The van der Waals surface area contributed by atoms with Gasteiger partial charge in [0, 0.05) is 33.2 Å². The van der Waals surface area contributed by atoms with Gasteiger partial charge in [0.25, 0.3) is 0 Å². The topological polar surface area (TPSA) is 104 Å². The fourth-order valence-electron chi connectivity index (χ4n) is 5.67. The van der Waals surface area contributed by atoms with Crippen molar-refractivity contribution in [2.24, 2.45) is 0 Å². The number of aliphatic hydroxyl groups is 1. The molecule has 7 nitrogen and oxygen atoms in total. The van der Waals surface area contributed by atoms with Crippen LogP contribution in [0.5, 0.6) is 0 Å². The van der Waals surface area contributed by atoms with Crippen LogP contribution in [0.1, 0.15) is 45.6 Å². The summed E-state index contributed by atoms with van der Waals surface area (Å²) in [7, 11) is 0. The zero-order valence-corrected chi connectivity index (χ0v) is 23.5. The first-order valence-corrected chi connectivity index (χ1v) is 14.2. The first-order valence-electron chi connectivity index (χ1n) is 14.2. The van der Waals surface area contributed by atoms with Crippen LogP contribution in [0, 0.1) is 0 Å². The number of ether oxygens (including phenoxy) is 1. The molecule has 0 atom stereocenters. The second kappa shape index (κ2) is 11.0. The molecular weight excluding hydrogens is 536 g/mol. The molecule has 3 aromatic heterocycles. The summed E-state index contributed by atoms with van der Waals surface area (Å²) in [4.78, 5) is 30.4. The molecule has 7 heteroatoms. The lowest BCUT2D eigenvalue weighted by atomic mass is 10.0. The van der Waals surface area contributed by atoms with Gasteiger partial charge < -0.3 is 19.8 Å². The van der Waals surface area contributed by atoms with Gasteiger partial charge in [-0.2, -0.15) is 0 Å². The Kier molecular flexibility index (Phi) is 6.77. The minimum Gasteiger partial charge on any atom is -0.462 e. The van der Waals surface area contributed by atoms with Gasteiger partial charge in [-0.3, -0.25) is 0 Å². The number of hydrogen-bond donors (Lipinski definition) is 3. The number of carbonyl (C=O) groups excluding carboxylic acids is 1. The Balaban J connectivity index is 1.67. The van der Waals surface area contributed by atoms with E-state index in [0.29, 0.717) is 33.7 Å². The SMILES string of the molecule is CCOC(=O)c1c2nc(c(-c3ccccc3)c3ccc([nH]3)c(CO)c3nc(c(-c4ccccc4)c4ccc1[nH]4)C=C3)C=C2. The highest BCUT2D eigenvalue weighted by molar-refractivity contribution is 6.03. The van der Waals surface area contributed by atoms with Crippen LogP contribution in [-0.4, -0.2) is 37.6 Å². The molecule has 0 amide bonds. The molecule has 7 rings (SSSR count). The van der Waals surface area contributed by atoms with Gasteiger partial charge in [0.05, 0.1) is 41.5 Å². The van der Waals surface area contributed by atoms with Crippen LogP contribution < -0.4 is 0 Å². The maximum absolute atomic E-state index is 13.4. The van der Waals surface area contributed by atoms with E-state index in [1.807, 2.05) is 109 Å². The Hall–Kier alpha value is -5.53. The van der Waals surface area contributed by atoms with Gasteiger partial charge in [-0.05, 0) is 66.6 Å². The third-order valence-corrected chi connectivity index (χ3v) is 7.63. The normalized spacial score (nSPS) is 12.0. The molecule has 43 heavy (non-hydrogen) atoms. The van der Waals surface area contributed by atoms with E-state index in [2.05, 4.69) is 9.97 Å². The Morgan fingerprint density at radius 2 is 1.14 bits per heavy atom. The van der Waals surface area contributed by atoms with Crippen molar-refractivity contribution in [3.05, 3.63) is 119 Å². The summed E-state index contributed by atoms with van der Waals surface area (Å²) in [6.07, 6.45) is 7.65. The molecule has 0 radical (unpaired) electrons. The highest BCUT2D eigenvalue weighted by Gasteiger charge is 2.20. The molecule has 0 saturated heterocycles. The van der Waals surface area contributed by atoms with Crippen molar-refractivity contribution in [2.45, 2.75) is 13.5 Å². The summed E-state index contributed by atoms with van der Waals surface area (Å²) in [6, 6.07) is 27.7. The van der Waals surface area contributed by atoms with Gasteiger partial charge in [-0.15, -0.1) is 0 Å². The first kappa shape index (κ1) is 26.4. The van der Waals surface area contributed by atoms with E-state index in [4.69, 9.17) is 14.7 Å². The summed E-state index contributed by atoms with van der Waals surface area (Å²) in [5.41, 5.74) is 10.3. The zero-order valence-electron chi connectivity index (χ0n) is 23.5. The molecule has 0 unspecified atom stereocenters. The molecule has 2 aliphatic rings. The third kappa shape index (κ3) is 4.75. The van der Waals surface area contributed by atoms with E-state index in [0.717, 1.165) is 44.5 Å². The third-order valence-electron chi connectivity index (χ3n) is 7.63. The van der Waals surface area contributed by atoms with E-state index >= 15 is 0 Å². The molecule has 2 aliphatic heterocycles. The molecule has 8 bridgehead atoms. The van der Waals surface area contributed by atoms with E-state index < -0.39 is 5.97 Å². The van der Waals surface area contributed by atoms with Gasteiger partial charge in [-0.1, -0.05) is 60.7 Å². The standard InChI is InChI=1S/C36H28N4O3/c1-2-43-36(42)35-31-19-17-29(39-31)33(22-9-5-3-6-10-22)27-15-13-25(37-27)24(21-41)26-14-16-28(38-26)34(23-11-7-4-8-12-23)30-18-20-32(35)40-30/h3-20,37,40-41H,2,21H2,1H3. The van der Waals surface area contributed by atoms with Crippen LogP contribution in [0.4, 0.5) is 0 Å². The molecule has 210 valence electrons. The van der Waals surface area contributed by atoms with Crippen LogP contribution in [0.25, 0.3) is 68.6 Å². The average molecular weight is 565 g/mol. The molecule has 5 heterocycles. The number of fused-ring (bicyclic) bond motifs is 8. The lowest BCUT2D eigenvalue weighted by Gasteiger charge is -2.05. The highest BCUT2D eigenvalue weighted by Crippen LogP contribution is 2.34. The minimum atomic E-state index is -0.456. The van der Waals surface area contributed by atoms with Crippen molar-refractivity contribution in [3.63, 3.8) is 0 Å². The number of rotatable bonds is 5. The van der Waals surface area contributed by atoms with E-state index in [1.54, 1.807) is 6.92 Å². The van der Waals surface area contributed by atoms with Crippen molar-refractivity contribution >= 4 is 52.3 Å². The number of nitrogens with one attached hydrogen (secondary N) is 2. The zero-order chi connectivity index (χ0) is 29.3. The van der Waals surface area contributed by atoms with Crippen LogP contribution in [0.2, 0.25) is 0 Å². The lowest BCUT2D eigenvalue weighted by molar-refractivity contribution is 0.0528. The molecular formula is C36H28N4O3. The molecule has 0 aliphatic carbocycles. The van der Waals surface area contributed by atoms with E-state index in [9.17, 15) is 9.90 Å². The minimum absolute atomic E-state index is 0.193. The molecule has 0 fully saturated rings. The summed E-state index contributed by atoms with van der Waals surface area (Å²) in [5, 5.41) is 10.5. The fourth-order valence-corrected chi connectivity index (χ4v) is 5.67. The largest absolute Gasteiger partial charge is 0.462 e. The Morgan fingerprint density at radius 3 is 1.72 bits per heavy atom. The fraction of sp³-hybridized carbons (Fsp3) is 0.0833. The molecule has 5 aromatic rings. The van der Waals surface area contributed by atoms with Crippen LogP contribution >= 0.6 is 0 Å². The molecule has 0 saturated carbocycles. The van der Waals surface area contributed by atoms with Crippen molar-refractivity contribution < 1.29 is 14.6 Å². The van der Waals surface area contributed by atoms with Crippen molar-refractivity contribution in [2.75, 3.05) is 6.61 Å². The number of benzene rings is 2. The molecule has 0 spiro atoms. The Bertz CT molecular complexity index is 2050. The number of aromatic amines is 2. The van der Waals surface area contributed by atoms with Gasteiger partial charge >= 0.3 is 5.97 Å². The second-order valence-electron chi connectivity index (χ2n) is 10.2. The summed E-state index contributed by atoms with van der Waals surface area (Å²) in [6.45, 7) is 1.84. The van der Waals surface area contributed by atoms with Crippen LogP contribution in [0.15, 0.2) is 84.9 Å². The lowest BCUT2D eigenvalue weighted by Crippen LogP contribution is -2.07. The van der Waals surface area contributed by atoms with E-state index in [1.165, 1.54) is 0 Å². The number of H-pyrrole nitrogens is 2. The number of hydrogen-bond acceptors (Lipinski definition) is 5. The molecule has 3 N–H and O–H groups in total. The smallest absolute Gasteiger partial charge is 0.342 e. The second-order valence-corrected chi connectivity index (χ2v) is 10.2. The average Bonchev–Trinajstić information content (AvgIpc) is 3.85. The number of esters is 1. The summed E-state index contributed by atoms with van der Waals surface area (Å²) < 4.78 is 5.52.